The Bertz CT molecular complexity index is 691. The molecule has 0 bridgehead atoms. The van der Waals surface area contributed by atoms with Gasteiger partial charge in [-0.25, -0.2) is 0 Å². The van der Waals surface area contributed by atoms with Gasteiger partial charge in [0.1, 0.15) is 5.92 Å². The smallest absolute Gasteiger partial charge is 0.231 e. The standard InChI is InChI=1S/C16H10O4/c17-15-10-6-12-13(20-8-19-12)7-11(10)16(18)14(15)9-4-2-1-3-5-9/h1-7,14H,8H2. The van der Waals surface area contributed by atoms with Crippen molar-refractivity contribution in [2.24, 2.45) is 0 Å². The van der Waals surface area contributed by atoms with Crippen molar-refractivity contribution in [1.82, 2.24) is 0 Å². The van der Waals surface area contributed by atoms with Crippen LogP contribution in [0.5, 0.6) is 11.5 Å². The molecule has 0 radical (unpaired) electrons. The van der Waals surface area contributed by atoms with Crippen LogP contribution in [0.15, 0.2) is 42.5 Å². The number of rotatable bonds is 1. The topological polar surface area (TPSA) is 52.6 Å². The Morgan fingerprint density at radius 2 is 1.40 bits per heavy atom. The van der Waals surface area contributed by atoms with Gasteiger partial charge in [0, 0.05) is 11.1 Å². The molecule has 4 nitrogen and oxygen atoms in total. The summed E-state index contributed by atoms with van der Waals surface area (Å²) >= 11 is 0. The molecule has 0 N–H and O–H groups in total. The molecule has 4 heteroatoms. The Balaban J connectivity index is 1.85. The molecule has 0 amide bonds. The molecule has 1 aliphatic heterocycles. The highest BCUT2D eigenvalue weighted by Gasteiger charge is 2.41. The molecule has 1 heterocycles. The number of hydrogen-bond acceptors (Lipinski definition) is 4. The predicted octanol–water partition coefficient (Wildman–Crippen LogP) is 2.58. The molecular formula is C16H10O4. The normalized spacial score (nSPS) is 16.6. The Labute approximate surface area is 114 Å². The lowest BCUT2D eigenvalue weighted by molar-refractivity contribution is 0.0889. The first-order valence-electron chi connectivity index (χ1n) is 6.33. The lowest BCUT2D eigenvalue weighted by atomic mass is 9.94. The van der Waals surface area contributed by atoms with E-state index >= 15 is 0 Å². The fraction of sp³-hybridized carbons (Fsp3) is 0.125. The number of Topliss-reactive ketones (excluding diaryl/α,β-unsaturated/α-hetero) is 2. The fourth-order valence-electron chi connectivity index (χ4n) is 2.73. The molecule has 2 aromatic carbocycles. The van der Waals surface area contributed by atoms with Crippen molar-refractivity contribution in [3.05, 3.63) is 59.2 Å². The summed E-state index contributed by atoms with van der Waals surface area (Å²) in [7, 11) is 0. The SMILES string of the molecule is O=C1c2cc3c(cc2C(=O)C1c1ccccc1)OCO3. The van der Waals surface area contributed by atoms with Gasteiger partial charge in [-0.3, -0.25) is 9.59 Å². The zero-order valence-corrected chi connectivity index (χ0v) is 10.5. The molecule has 2 aliphatic rings. The summed E-state index contributed by atoms with van der Waals surface area (Å²) in [4.78, 5) is 25.0. The van der Waals surface area contributed by atoms with Crippen LogP contribution in [0.25, 0.3) is 0 Å². The molecular weight excluding hydrogens is 256 g/mol. The summed E-state index contributed by atoms with van der Waals surface area (Å²) in [6.45, 7) is 0.128. The van der Waals surface area contributed by atoms with Gasteiger partial charge in [0.05, 0.1) is 0 Å². The highest BCUT2D eigenvalue weighted by Crippen LogP contribution is 2.41. The molecule has 98 valence electrons. The van der Waals surface area contributed by atoms with Crippen molar-refractivity contribution in [3.63, 3.8) is 0 Å². The van der Waals surface area contributed by atoms with Gasteiger partial charge in [0.2, 0.25) is 6.79 Å². The number of hydrogen-bond donors (Lipinski definition) is 0. The van der Waals surface area contributed by atoms with E-state index < -0.39 is 5.92 Å². The Hall–Kier alpha value is -2.62. The van der Waals surface area contributed by atoms with Crippen molar-refractivity contribution in [3.8, 4) is 11.5 Å². The summed E-state index contributed by atoms with van der Waals surface area (Å²) in [6, 6.07) is 12.3. The molecule has 0 atom stereocenters. The summed E-state index contributed by atoms with van der Waals surface area (Å²) in [6.07, 6.45) is 0. The third-order valence-corrected chi connectivity index (χ3v) is 3.70. The zero-order chi connectivity index (χ0) is 13.7. The molecule has 0 aromatic heterocycles. The largest absolute Gasteiger partial charge is 0.454 e. The molecule has 2 aromatic rings. The van der Waals surface area contributed by atoms with Crippen LogP contribution < -0.4 is 9.47 Å². The number of carbonyl (C=O) groups excluding carboxylic acids is 2. The second-order valence-electron chi connectivity index (χ2n) is 4.82. The van der Waals surface area contributed by atoms with E-state index in [1.54, 1.807) is 24.3 Å². The van der Waals surface area contributed by atoms with E-state index in [4.69, 9.17) is 9.47 Å². The van der Waals surface area contributed by atoms with Gasteiger partial charge in [-0.15, -0.1) is 0 Å². The Morgan fingerprint density at radius 1 is 0.850 bits per heavy atom. The van der Waals surface area contributed by atoms with E-state index in [0.29, 0.717) is 22.6 Å². The van der Waals surface area contributed by atoms with E-state index in [9.17, 15) is 9.59 Å². The van der Waals surface area contributed by atoms with Crippen molar-refractivity contribution in [2.75, 3.05) is 6.79 Å². The minimum Gasteiger partial charge on any atom is -0.454 e. The summed E-state index contributed by atoms with van der Waals surface area (Å²) in [5, 5.41) is 0. The van der Waals surface area contributed by atoms with Crippen molar-refractivity contribution < 1.29 is 19.1 Å². The van der Waals surface area contributed by atoms with E-state index in [1.165, 1.54) is 0 Å². The quantitative estimate of drug-likeness (QED) is 0.744. The van der Waals surface area contributed by atoms with E-state index in [2.05, 4.69) is 0 Å². The summed E-state index contributed by atoms with van der Waals surface area (Å²) in [5.74, 6) is -0.0325. The van der Waals surface area contributed by atoms with Gasteiger partial charge in [-0.05, 0) is 17.7 Å². The van der Waals surface area contributed by atoms with Gasteiger partial charge < -0.3 is 9.47 Å². The molecule has 0 saturated carbocycles. The Morgan fingerprint density at radius 3 is 1.95 bits per heavy atom. The second-order valence-corrected chi connectivity index (χ2v) is 4.82. The third-order valence-electron chi connectivity index (χ3n) is 3.70. The lowest BCUT2D eigenvalue weighted by Crippen LogP contribution is -2.12. The van der Waals surface area contributed by atoms with E-state index in [1.807, 2.05) is 18.2 Å². The number of benzene rings is 2. The lowest BCUT2D eigenvalue weighted by Gasteiger charge is -2.06. The average molecular weight is 266 g/mol. The van der Waals surface area contributed by atoms with Gasteiger partial charge in [-0.1, -0.05) is 30.3 Å². The highest BCUT2D eigenvalue weighted by atomic mass is 16.7. The van der Waals surface area contributed by atoms with Gasteiger partial charge >= 0.3 is 0 Å². The van der Waals surface area contributed by atoms with E-state index in [0.717, 1.165) is 5.56 Å². The average Bonchev–Trinajstić information content (AvgIpc) is 3.02. The number of fused-ring (bicyclic) bond motifs is 2. The van der Waals surface area contributed by atoms with Crippen LogP contribution in [0.3, 0.4) is 0 Å². The predicted molar refractivity (Wildman–Crippen MR) is 70.4 cm³/mol. The molecule has 4 rings (SSSR count). The molecule has 1 aliphatic carbocycles. The first-order valence-corrected chi connectivity index (χ1v) is 6.33. The fourth-order valence-corrected chi connectivity index (χ4v) is 2.73. The maximum atomic E-state index is 12.5. The van der Waals surface area contributed by atoms with Crippen LogP contribution >= 0.6 is 0 Å². The minimum absolute atomic E-state index is 0.128. The van der Waals surface area contributed by atoms with Crippen LogP contribution in [0.4, 0.5) is 0 Å². The maximum Gasteiger partial charge on any atom is 0.231 e. The summed E-state index contributed by atoms with van der Waals surface area (Å²) < 4.78 is 10.5. The number of ketones is 2. The van der Waals surface area contributed by atoms with Crippen molar-refractivity contribution in [1.29, 1.82) is 0 Å². The van der Waals surface area contributed by atoms with Crippen LogP contribution in [-0.4, -0.2) is 18.4 Å². The first kappa shape index (κ1) is 11.2. The minimum atomic E-state index is -0.742. The molecule has 0 unspecified atom stereocenters. The van der Waals surface area contributed by atoms with Gasteiger partial charge in [-0.2, -0.15) is 0 Å². The summed E-state index contributed by atoms with van der Waals surface area (Å²) in [5.41, 5.74) is 1.57. The monoisotopic (exact) mass is 266 g/mol. The van der Waals surface area contributed by atoms with Gasteiger partial charge in [0.25, 0.3) is 0 Å². The third kappa shape index (κ3) is 1.42. The zero-order valence-electron chi connectivity index (χ0n) is 10.5. The number of ether oxygens (including phenoxy) is 2. The van der Waals surface area contributed by atoms with Crippen molar-refractivity contribution in [2.45, 2.75) is 5.92 Å². The molecule has 20 heavy (non-hydrogen) atoms. The highest BCUT2D eigenvalue weighted by molar-refractivity contribution is 6.30. The maximum absolute atomic E-state index is 12.5. The van der Waals surface area contributed by atoms with Crippen LogP contribution in [-0.2, 0) is 0 Å². The molecule has 0 spiro atoms. The Kier molecular flexibility index (Phi) is 2.21. The van der Waals surface area contributed by atoms with Crippen molar-refractivity contribution >= 4 is 11.6 Å². The molecule has 0 saturated heterocycles. The first-order chi connectivity index (χ1) is 9.75. The van der Waals surface area contributed by atoms with Crippen LogP contribution in [0.2, 0.25) is 0 Å². The molecule has 0 fully saturated rings. The van der Waals surface area contributed by atoms with Crippen LogP contribution in [0.1, 0.15) is 32.2 Å². The van der Waals surface area contributed by atoms with E-state index in [-0.39, 0.29) is 18.4 Å². The second kappa shape index (κ2) is 3.93. The van der Waals surface area contributed by atoms with Gasteiger partial charge in [0.15, 0.2) is 23.1 Å². The number of carbonyl (C=O) groups is 2. The van der Waals surface area contributed by atoms with Crippen LogP contribution in [0, 0.1) is 0 Å².